The lowest BCUT2D eigenvalue weighted by Crippen LogP contribution is -2.41. The summed E-state index contributed by atoms with van der Waals surface area (Å²) < 4.78 is 8.65. The molecule has 1 unspecified atom stereocenters. The maximum Gasteiger partial charge on any atom is 0.258 e. The Kier molecular flexibility index (Phi) is 4.67. The van der Waals surface area contributed by atoms with Crippen molar-refractivity contribution in [3.8, 4) is 0 Å². The lowest BCUT2D eigenvalue weighted by atomic mass is 9.98. The predicted octanol–water partition coefficient (Wildman–Crippen LogP) is 3.29. The number of aromatic amines is 1. The first-order valence-corrected chi connectivity index (χ1v) is 10.9. The molecule has 5 aromatic heterocycles. The molecule has 1 aliphatic rings. The summed E-state index contributed by atoms with van der Waals surface area (Å²) in [6.45, 7) is 1.01. The summed E-state index contributed by atoms with van der Waals surface area (Å²) in [7, 11) is 1.65. The molecule has 0 saturated carbocycles. The van der Waals surface area contributed by atoms with Crippen molar-refractivity contribution in [2.75, 3.05) is 13.7 Å². The molecule has 0 radical (unpaired) electrons. The Hall–Kier alpha value is -3.69. The van der Waals surface area contributed by atoms with Gasteiger partial charge in [-0.25, -0.2) is 14.0 Å². The number of ether oxygens (including phenoxy) is 1. The number of hydrogen-bond acceptors (Lipinski definition) is 5. The minimum Gasteiger partial charge on any atom is -0.380 e. The summed E-state index contributed by atoms with van der Waals surface area (Å²) in [6, 6.07) is 8.99. The van der Waals surface area contributed by atoms with Crippen LogP contribution in [0.4, 0.5) is 0 Å². The second-order valence-electron chi connectivity index (χ2n) is 8.03. The van der Waals surface area contributed by atoms with Gasteiger partial charge in [0.25, 0.3) is 5.91 Å². The summed E-state index contributed by atoms with van der Waals surface area (Å²) in [6.07, 6.45) is 7.68. The number of nitrogens with one attached hydrogen (secondary N) is 1. The minimum absolute atomic E-state index is 0.119. The van der Waals surface area contributed by atoms with E-state index < -0.39 is 6.04 Å². The van der Waals surface area contributed by atoms with Gasteiger partial charge in [0.1, 0.15) is 6.04 Å². The highest BCUT2D eigenvalue weighted by atomic mass is 35.5. The number of halogens is 1. The quantitative estimate of drug-likeness (QED) is 0.443. The number of methoxy groups -OCH3 is 1. The molecule has 0 bridgehead atoms. The molecule has 1 N–H and O–H groups in total. The summed E-state index contributed by atoms with van der Waals surface area (Å²) >= 11 is 6.39. The Balaban J connectivity index is 1.44. The molecule has 5 aromatic rings. The number of hydrogen-bond donors (Lipinski definition) is 1. The van der Waals surface area contributed by atoms with Gasteiger partial charge in [0.15, 0.2) is 0 Å². The van der Waals surface area contributed by atoms with E-state index in [0.717, 1.165) is 28.0 Å². The normalized spacial score (nSPS) is 15.9. The average Bonchev–Trinajstić information content (AvgIpc) is 3.56. The number of nitrogens with zero attached hydrogens (tertiary/aromatic N) is 6. The summed E-state index contributed by atoms with van der Waals surface area (Å²) in [5.41, 5.74) is 5.55. The third kappa shape index (κ3) is 3.20. The van der Waals surface area contributed by atoms with Crippen molar-refractivity contribution in [3.05, 3.63) is 88.5 Å². The second-order valence-corrected chi connectivity index (χ2v) is 8.44. The smallest absolute Gasteiger partial charge is 0.258 e. The number of pyridine rings is 2. The Morgan fingerprint density at radius 2 is 2.18 bits per heavy atom. The zero-order valence-electron chi connectivity index (χ0n) is 17.8. The molecule has 0 aliphatic carbocycles. The molecule has 0 saturated heterocycles. The van der Waals surface area contributed by atoms with Crippen LogP contribution in [0.5, 0.6) is 0 Å². The molecule has 166 valence electrons. The van der Waals surface area contributed by atoms with Crippen LogP contribution in [-0.2, 0) is 17.8 Å². The molecule has 9 nitrogen and oxygen atoms in total. The van der Waals surface area contributed by atoms with E-state index in [1.807, 2.05) is 47.6 Å². The third-order valence-corrected chi connectivity index (χ3v) is 6.37. The maximum absolute atomic E-state index is 13.8. The summed E-state index contributed by atoms with van der Waals surface area (Å²) in [5, 5.41) is 9.74. The number of carbonyl (C=O) groups excluding carboxylic acids is 1. The van der Waals surface area contributed by atoms with Crippen LogP contribution >= 0.6 is 11.6 Å². The van der Waals surface area contributed by atoms with Gasteiger partial charge in [-0.2, -0.15) is 10.2 Å². The fraction of sp³-hybridized carbons (Fsp3) is 0.217. The fourth-order valence-electron chi connectivity index (χ4n) is 4.53. The Morgan fingerprint density at radius 1 is 1.27 bits per heavy atom. The van der Waals surface area contributed by atoms with Crippen LogP contribution in [0.25, 0.3) is 11.0 Å². The number of fused-ring (bicyclic) bond motifs is 3. The molecule has 0 fully saturated rings. The van der Waals surface area contributed by atoms with E-state index in [0.29, 0.717) is 35.9 Å². The van der Waals surface area contributed by atoms with Crippen LogP contribution in [0, 0.1) is 0 Å². The molecule has 0 spiro atoms. The molecule has 1 atom stereocenters. The van der Waals surface area contributed by atoms with Gasteiger partial charge >= 0.3 is 0 Å². The van der Waals surface area contributed by atoms with Gasteiger partial charge in [-0.05, 0) is 29.8 Å². The molecule has 10 heteroatoms. The van der Waals surface area contributed by atoms with Crippen LogP contribution in [0.3, 0.4) is 0 Å². The van der Waals surface area contributed by atoms with E-state index in [-0.39, 0.29) is 5.91 Å². The minimum atomic E-state index is -0.439. The SMILES string of the molecule is COCc1ccc2c(C(=O)N3CCc4[nH]cnc4C3c3cc4c(Cl)cccn4n3)cnn2c1. The highest BCUT2D eigenvalue weighted by Crippen LogP contribution is 2.35. The number of aromatic nitrogens is 6. The Labute approximate surface area is 193 Å². The van der Waals surface area contributed by atoms with E-state index >= 15 is 0 Å². The molecular formula is C23H20ClN7O2. The lowest BCUT2D eigenvalue weighted by Gasteiger charge is -2.33. The first-order chi connectivity index (χ1) is 16.1. The predicted molar refractivity (Wildman–Crippen MR) is 121 cm³/mol. The highest BCUT2D eigenvalue weighted by Gasteiger charge is 2.37. The number of rotatable bonds is 4. The zero-order chi connectivity index (χ0) is 22.5. The van der Waals surface area contributed by atoms with Crippen molar-refractivity contribution in [3.63, 3.8) is 0 Å². The first-order valence-electron chi connectivity index (χ1n) is 10.6. The van der Waals surface area contributed by atoms with E-state index in [4.69, 9.17) is 21.4 Å². The topological polar surface area (TPSA) is 92.8 Å². The number of imidazole rings is 1. The van der Waals surface area contributed by atoms with Crippen LogP contribution in [0.15, 0.2) is 55.2 Å². The van der Waals surface area contributed by atoms with Crippen LogP contribution < -0.4 is 0 Å². The molecule has 6 heterocycles. The monoisotopic (exact) mass is 461 g/mol. The van der Waals surface area contributed by atoms with Crippen molar-refractivity contribution in [1.82, 2.24) is 34.1 Å². The maximum atomic E-state index is 13.8. The van der Waals surface area contributed by atoms with Crippen molar-refractivity contribution < 1.29 is 9.53 Å². The van der Waals surface area contributed by atoms with Crippen molar-refractivity contribution in [2.24, 2.45) is 0 Å². The zero-order valence-corrected chi connectivity index (χ0v) is 18.5. The van der Waals surface area contributed by atoms with Crippen molar-refractivity contribution >= 4 is 28.5 Å². The van der Waals surface area contributed by atoms with Crippen LogP contribution in [0.2, 0.25) is 5.02 Å². The van der Waals surface area contributed by atoms with Gasteiger partial charge in [-0.1, -0.05) is 17.7 Å². The largest absolute Gasteiger partial charge is 0.380 e. The van der Waals surface area contributed by atoms with Gasteiger partial charge in [0.2, 0.25) is 0 Å². The Bertz CT molecular complexity index is 1500. The van der Waals surface area contributed by atoms with Crippen molar-refractivity contribution in [1.29, 1.82) is 0 Å². The van der Waals surface area contributed by atoms with Crippen LogP contribution in [-0.4, -0.2) is 53.7 Å². The fourth-order valence-corrected chi connectivity index (χ4v) is 4.74. The van der Waals surface area contributed by atoms with E-state index in [9.17, 15) is 4.79 Å². The number of amides is 1. The standard InChI is InChI=1S/C23H20ClN7O2/c1-33-12-14-4-5-19-15(10-27-31(19)11-14)23(32)29-8-6-17-21(26-13-25-17)22(29)18-9-20-16(24)3-2-7-30(20)28-18/h2-5,7,9-11,13,22H,6,8,12H2,1H3,(H,25,26). The second kappa shape index (κ2) is 7.72. The van der Waals surface area contributed by atoms with Crippen molar-refractivity contribution in [2.45, 2.75) is 19.1 Å². The number of H-pyrrole nitrogens is 1. The third-order valence-electron chi connectivity index (χ3n) is 6.05. The lowest BCUT2D eigenvalue weighted by molar-refractivity contribution is 0.0689. The molecular weight excluding hydrogens is 442 g/mol. The molecule has 0 aromatic carbocycles. The number of carbonyl (C=O) groups is 1. The van der Waals surface area contributed by atoms with E-state index in [2.05, 4.69) is 15.1 Å². The molecule has 1 aliphatic heterocycles. The molecule has 33 heavy (non-hydrogen) atoms. The van der Waals surface area contributed by atoms with Gasteiger partial charge < -0.3 is 14.6 Å². The van der Waals surface area contributed by atoms with Gasteiger partial charge in [-0.15, -0.1) is 0 Å². The first kappa shape index (κ1) is 20.0. The Morgan fingerprint density at radius 3 is 3.03 bits per heavy atom. The summed E-state index contributed by atoms with van der Waals surface area (Å²) in [5.74, 6) is -0.119. The van der Waals surface area contributed by atoms with Gasteiger partial charge in [0, 0.05) is 38.2 Å². The average molecular weight is 462 g/mol. The highest BCUT2D eigenvalue weighted by molar-refractivity contribution is 6.33. The van der Waals surface area contributed by atoms with Gasteiger partial charge in [-0.3, -0.25) is 4.79 Å². The van der Waals surface area contributed by atoms with Crippen LogP contribution in [0.1, 0.15) is 39.0 Å². The van der Waals surface area contributed by atoms with E-state index in [1.54, 1.807) is 28.7 Å². The summed E-state index contributed by atoms with van der Waals surface area (Å²) in [4.78, 5) is 23.4. The van der Waals surface area contributed by atoms with E-state index in [1.165, 1.54) is 0 Å². The molecule has 1 amide bonds. The molecule has 6 rings (SSSR count). The van der Waals surface area contributed by atoms with Gasteiger partial charge in [0.05, 0.1) is 52.1 Å².